The van der Waals surface area contributed by atoms with E-state index >= 15 is 0 Å². The van der Waals surface area contributed by atoms with Crippen LogP contribution < -0.4 is 5.32 Å². The van der Waals surface area contributed by atoms with E-state index in [2.05, 4.69) is 23.5 Å². The average molecular weight is 189 g/mol. The van der Waals surface area contributed by atoms with E-state index < -0.39 is 0 Å². The molecule has 1 fully saturated rings. The van der Waals surface area contributed by atoms with E-state index in [-0.39, 0.29) is 0 Å². The molecular weight excluding hydrogens is 174 g/mol. The van der Waals surface area contributed by atoms with Crippen LogP contribution in [0.1, 0.15) is 23.5 Å². The van der Waals surface area contributed by atoms with Crippen molar-refractivity contribution >= 4 is 5.69 Å². The SMILES string of the molecule is c1cc2c(cc1C1CCOC1)CCN2. The number of benzene rings is 1. The van der Waals surface area contributed by atoms with Gasteiger partial charge in [0, 0.05) is 24.8 Å². The van der Waals surface area contributed by atoms with Crippen molar-refractivity contribution in [2.45, 2.75) is 18.8 Å². The van der Waals surface area contributed by atoms with Crippen molar-refractivity contribution in [2.75, 3.05) is 25.1 Å². The molecule has 0 radical (unpaired) electrons. The molecule has 0 bridgehead atoms. The lowest BCUT2D eigenvalue weighted by Gasteiger charge is -2.09. The highest BCUT2D eigenvalue weighted by Gasteiger charge is 2.19. The first-order valence-electron chi connectivity index (χ1n) is 5.38. The predicted molar refractivity (Wildman–Crippen MR) is 56.8 cm³/mol. The van der Waals surface area contributed by atoms with Gasteiger partial charge in [0.2, 0.25) is 0 Å². The van der Waals surface area contributed by atoms with Crippen molar-refractivity contribution in [3.63, 3.8) is 0 Å². The number of fused-ring (bicyclic) bond motifs is 1. The van der Waals surface area contributed by atoms with E-state index in [4.69, 9.17) is 4.74 Å². The van der Waals surface area contributed by atoms with E-state index in [0.717, 1.165) is 19.8 Å². The summed E-state index contributed by atoms with van der Waals surface area (Å²) < 4.78 is 5.42. The fourth-order valence-electron chi connectivity index (χ4n) is 2.38. The first kappa shape index (κ1) is 8.30. The topological polar surface area (TPSA) is 21.3 Å². The Hall–Kier alpha value is -1.02. The summed E-state index contributed by atoms with van der Waals surface area (Å²) in [5.74, 6) is 0.640. The molecule has 1 aromatic carbocycles. The zero-order valence-corrected chi connectivity index (χ0v) is 8.25. The van der Waals surface area contributed by atoms with Gasteiger partial charge in [-0.15, -0.1) is 0 Å². The normalized spacial score (nSPS) is 24.7. The number of hydrogen-bond donors (Lipinski definition) is 1. The van der Waals surface area contributed by atoms with Crippen LogP contribution in [0.15, 0.2) is 18.2 Å². The Balaban J connectivity index is 1.91. The third-order valence-corrected chi connectivity index (χ3v) is 3.24. The molecule has 0 aliphatic carbocycles. The molecule has 0 aromatic heterocycles. The zero-order valence-electron chi connectivity index (χ0n) is 8.25. The van der Waals surface area contributed by atoms with Gasteiger partial charge in [-0.3, -0.25) is 0 Å². The van der Waals surface area contributed by atoms with Crippen molar-refractivity contribution in [3.05, 3.63) is 29.3 Å². The molecule has 14 heavy (non-hydrogen) atoms. The second-order valence-electron chi connectivity index (χ2n) is 4.15. The summed E-state index contributed by atoms with van der Waals surface area (Å²) >= 11 is 0. The smallest absolute Gasteiger partial charge is 0.0535 e. The van der Waals surface area contributed by atoms with Crippen molar-refractivity contribution in [1.82, 2.24) is 0 Å². The van der Waals surface area contributed by atoms with Gasteiger partial charge in [0.15, 0.2) is 0 Å². The predicted octanol–water partition coefficient (Wildman–Crippen LogP) is 2.16. The average Bonchev–Trinajstić information content (AvgIpc) is 2.88. The zero-order chi connectivity index (χ0) is 9.38. The quantitative estimate of drug-likeness (QED) is 0.731. The van der Waals surface area contributed by atoms with E-state index in [1.54, 1.807) is 0 Å². The maximum Gasteiger partial charge on any atom is 0.0535 e. The summed E-state index contributed by atoms with van der Waals surface area (Å²) in [4.78, 5) is 0. The second-order valence-corrected chi connectivity index (χ2v) is 4.15. The second kappa shape index (κ2) is 3.28. The summed E-state index contributed by atoms with van der Waals surface area (Å²) in [6.45, 7) is 2.94. The fraction of sp³-hybridized carbons (Fsp3) is 0.500. The van der Waals surface area contributed by atoms with E-state index in [1.165, 1.54) is 29.7 Å². The van der Waals surface area contributed by atoms with Gasteiger partial charge in [0.25, 0.3) is 0 Å². The highest BCUT2D eigenvalue weighted by molar-refractivity contribution is 5.56. The standard InChI is InChI=1S/C12H15NO/c1-2-12-10(3-5-13-12)7-9(1)11-4-6-14-8-11/h1-2,7,11,13H,3-6,8H2. The van der Waals surface area contributed by atoms with E-state index in [1.807, 2.05) is 0 Å². The third-order valence-electron chi connectivity index (χ3n) is 3.24. The maximum atomic E-state index is 5.42. The van der Waals surface area contributed by atoms with Crippen LogP contribution in [-0.2, 0) is 11.2 Å². The number of anilines is 1. The largest absolute Gasteiger partial charge is 0.384 e. The van der Waals surface area contributed by atoms with Crippen molar-refractivity contribution < 1.29 is 4.74 Å². The van der Waals surface area contributed by atoms with Crippen LogP contribution in [0.25, 0.3) is 0 Å². The minimum atomic E-state index is 0.640. The van der Waals surface area contributed by atoms with Gasteiger partial charge in [-0.05, 0) is 30.0 Å². The van der Waals surface area contributed by atoms with Crippen LogP contribution in [0.2, 0.25) is 0 Å². The molecule has 2 heteroatoms. The molecule has 1 N–H and O–H groups in total. The van der Waals surface area contributed by atoms with Gasteiger partial charge in [0.1, 0.15) is 0 Å². The number of rotatable bonds is 1. The van der Waals surface area contributed by atoms with Crippen LogP contribution in [0.3, 0.4) is 0 Å². The fourth-order valence-corrected chi connectivity index (χ4v) is 2.38. The minimum absolute atomic E-state index is 0.640. The van der Waals surface area contributed by atoms with Gasteiger partial charge in [-0.2, -0.15) is 0 Å². The molecule has 2 aliphatic rings. The van der Waals surface area contributed by atoms with Crippen molar-refractivity contribution in [1.29, 1.82) is 0 Å². The van der Waals surface area contributed by atoms with Gasteiger partial charge in [0.05, 0.1) is 6.61 Å². The van der Waals surface area contributed by atoms with E-state index in [9.17, 15) is 0 Å². The van der Waals surface area contributed by atoms with Gasteiger partial charge in [-0.1, -0.05) is 12.1 Å². The molecule has 3 rings (SSSR count). The monoisotopic (exact) mass is 189 g/mol. The summed E-state index contributed by atoms with van der Waals surface area (Å²) in [7, 11) is 0. The molecule has 0 amide bonds. The molecule has 1 aromatic rings. The molecule has 1 saturated heterocycles. The minimum Gasteiger partial charge on any atom is -0.384 e. The molecule has 1 unspecified atom stereocenters. The maximum absolute atomic E-state index is 5.42. The summed E-state index contributed by atoms with van der Waals surface area (Å²) in [6.07, 6.45) is 2.36. The molecule has 0 saturated carbocycles. The molecule has 2 aliphatic heterocycles. The first-order valence-corrected chi connectivity index (χ1v) is 5.38. The Morgan fingerprint density at radius 1 is 1.36 bits per heavy atom. The molecule has 1 atom stereocenters. The van der Waals surface area contributed by atoms with Gasteiger partial charge in [-0.25, -0.2) is 0 Å². The summed E-state index contributed by atoms with van der Waals surface area (Å²) in [5.41, 5.74) is 4.27. The van der Waals surface area contributed by atoms with Crippen LogP contribution in [0, 0.1) is 0 Å². The Labute approximate surface area is 84.3 Å². The van der Waals surface area contributed by atoms with E-state index in [0.29, 0.717) is 5.92 Å². The van der Waals surface area contributed by atoms with Gasteiger partial charge < -0.3 is 10.1 Å². The number of ether oxygens (including phenoxy) is 1. The lowest BCUT2D eigenvalue weighted by atomic mass is 9.96. The van der Waals surface area contributed by atoms with Crippen LogP contribution in [0.5, 0.6) is 0 Å². The Bertz CT molecular complexity index is 342. The van der Waals surface area contributed by atoms with Crippen LogP contribution >= 0.6 is 0 Å². The Morgan fingerprint density at radius 3 is 3.21 bits per heavy atom. The van der Waals surface area contributed by atoms with Crippen LogP contribution in [-0.4, -0.2) is 19.8 Å². The van der Waals surface area contributed by atoms with Crippen molar-refractivity contribution in [3.8, 4) is 0 Å². The molecule has 2 nitrogen and oxygen atoms in total. The summed E-state index contributed by atoms with van der Waals surface area (Å²) in [5, 5.41) is 3.39. The number of nitrogens with one attached hydrogen (secondary N) is 1. The lowest BCUT2D eigenvalue weighted by molar-refractivity contribution is 0.194. The summed E-state index contributed by atoms with van der Waals surface area (Å²) in [6, 6.07) is 6.82. The molecular formula is C12H15NO. The lowest BCUT2D eigenvalue weighted by Crippen LogP contribution is -1.97. The van der Waals surface area contributed by atoms with Crippen LogP contribution in [0.4, 0.5) is 5.69 Å². The highest BCUT2D eigenvalue weighted by Crippen LogP contribution is 2.30. The highest BCUT2D eigenvalue weighted by atomic mass is 16.5. The Kier molecular flexibility index (Phi) is 1.95. The first-order chi connectivity index (χ1) is 6.93. The molecule has 74 valence electrons. The molecule has 0 spiro atoms. The third kappa shape index (κ3) is 1.30. The number of hydrogen-bond acceptors (Lipinski definition) is 2. The Morgan fingerprint density at radius 2 is 2.36 bits per heavy atom. The molecule has 2 heterocycles. The van der Waals surface area contributed by atoms with Gasteiger partial charge >= 0.3 is 0 Å². The van der Waals surface area contributed by atoms with Crippen molar-refractivity contribution in [2.24, 2.45) is 0 Å².